The lowest BCUT2D eigenvalue weighted by Crippen LogP contribution is -2.39. The smallest absolute Gasteiger partial charge is 0.367 e. The SMILES string of the molecule is Cc1nccc(NC2CCN(c3ccc(C(F)(F)F)cn3)CC2)n1. The van der Waals surface area contributed by atoms with Gasteiger partial charge in [0.1, 0.15) is 17.5 Å². The number of aromatic nitrogens is 3. The molecule has 5 nitrogen and oxygen atoms in total. The molecular formula is C16H18F3N5. The van der Waals surface area contributed by atoms with Gasteiger partial charge in [-0.25, -0.2) is 15.0 Å². The third kappa shape index (κ3) is 3.93. The average molecular weight is 337 g/mol. The topological polar surface area (TPSA) is 53.9 Å². The molecule has 0 aromatic carbocycles. The fourth-order valence-corrected chi connectivity index (χ4v) is 2.74. The van der Waals surface area contributed by atoms with Gasteiger partial charge in [0.15, 0.2) is 0 Å². The molecule has 1 N–H and O–H groups in total. The molecule has 1 fully saturated rings. The van der Waals surface area contributed by atoms with Gasteiger partial charge in [-0.3, -0.25) is 0 Å². The Morgan fingerprint density at radius 2 is 1.88 bits per heavy atom. The van der Waals surface area contributed by atoms with E-state index in [4.69, 9.17) is 0 Å². The van der Waals surface area contributed by atoms with Crippen molar-refractivity contribution >= 4 is 11.6 Å². The standard InChI is InChI=1S/C16H18F3N5/c1-11-20-7-4-14(22-11)23-13-5-8-24(9-6-13)15-3-2-12(10-21-15)16(17,18)19/h2-4,7,10,13H,5-6,8-9H2,1H3,(H,20,22,23). The maximum absolute atomic E-state index is 12.6. The van der Waals surface area contributed by atoms with E-state index in [0.29, 0.717) is 11.6 Å². The molecule has 24 heavy (non-hydrogen) atoms. The molecule has 2 aromatic rings. The van der Waals surface area contributed by atoms with Gasteiger partial charge in [0.25, 0.3) is 0 Å². The van der Waals surface area contributed by atoms with Crippen LogP contribution in [0.2, 0.25) is 0 Å². The fraction of sp³-hybridized carbons (Fsp3) is 0.438. The molecule has 128 valence electrons. The highest BCUT2D eigenvalue weighted by atomic mass is 19.4. The van der Waals surface area contributed by atoms with Crippen LogP contribution in [-0.4, -0.2) is 34.1 Å². The van der Waals surface area contributed by atoms with Crippen molar-refractivity contribution in [2.75, 3.05) is 23.3 Å². The molecule has 2 aromatic heterocycles. The molecule has 1 aliphatic rings. The van der Waals surface area contributed by atoms with Crippen molar-refractivity contribution in [3.8, 4) is 0 Å². The molecule has 0 radical (unpaired) electrons. The summed E-state index contributed by atoms with van der Waals surface area (Å²) >= 11 is 0. The van der Waals surface area contributed by atoms with Crippen molar-refractivity contribution < 1.29 is 13.2 Å². The van der Waals surface area contributed by atoms with Crippen LogP contribution in [0.25, 0.3) is 0 Å². The molecule has 0 saturated carbocycles. The Morgan fingerprint density at radius 1 is 1.12 bits per heavy atom. The summed E-state index contributed by atoms with van der Waals surface area (Å²) in [7, 11) is 0. The molecule has 3 rings (SSSR count). The lowest BCUT2D eigenvalue weighted by Gasteiger charge is -2.33. The Labute approximate surface area is 138 Å². The zero-order valence-electron chi connectivity index (χ0n) is 13.2. The number of rotatable bonds is 3. The van der Waals surface area contributed by atoms with Gasteiger partial charge in [-0.15, -0.1) is 0 Å². The number of nitrogens with zero attached hydrogens (tertiary/aromatic N) is 4. The number of pyridine rings is 1. The third-order valence-electron chi connectivity index (χ3n) is 4.02. The quantitative estimate of drug-likeness (QED) is 0.931. The number of anilines is 2. The molecule has 0 aliphatic carbocycles. The van der Waals surface area contributed by atoms with Crippen molar-refractivity contribution in [3.63, 3.8) is 0 Å². The van der Waals surface area contributed by atoms with Crippen LogP contribution in [0.4, 0.5) is 24.8 Å². The zero-order chi connectivity index (χ0) is 17.2. The second kappa shape index (κ2) is 6.62. The van der Waals surface area contributed by atoms with Crippen molar-refractivity contribution in [2.45, 2.75) is 32.0 Å². The van der Waals surface area contributed by atoms with E-state index in [0.717, 1.165) is 44.0 Å². The highest BCUT2D eigenvalue weighted by molar-refractivity contribution is 5.41. The lowest BCUT2D eigenvalue weighted by atomic mass is 10.0. The number of hydrogen-bond acceptors (Lipinski definition) is 5. The highest BCUT2D eigenvalue weighted by Gasteiger charge is 2.31. The summed E-state index contributed by atoms with van der Waals surface area (Å²) in [5.41, 5.74) is -0.720. The van der Waals surface area contributed by atoms with Crippen molar-refractivity contribution in [3.05, 3.63) is 42.0 Å². The van der Waals surface area contributed by atoms with Gasteiger partial charge in [0.2, 0.25) is 0 Å². The van der Waals surface area contributed by atoms with E-state index in [-0.39, 0.29) is 6.04 Å². The molecule has 0 spiro atoms. The van der Waals surface area contributed by atoms with Gasteiger partial charge in [0, 0.05) is 31.5 Å². The van der Waals surface area contributed by atoms with E-state index in [1.165, 1.54) is 6.07 Å². The van der Waals surface area contributed by atoms with Crippen molar-refractivity contribution in [1.29, 1.82) is 0 Å². The Balaban J connectivity index is 1.57. The summed E-state index contributed by atoms with van der Waals surface area (Å²) in [6, 6.07) is 4.63. The molecule has 0 atom stereocenters. The summed E-state index contributed by atoms with van der Waals surface area (Å²) in [5.74, 6) is 2.10. The van der Waals surface area contributed by atoms with Gasteiger partial charge < -0.3 is 10.2 Å². The van der Waals surface area contributed by atoms with Gasteiger partial charge in [-0.2, -0.15) is 13.2 Å². The summed E-state index contributed by atoms with van der Waals surface area (Å²) in [6.07, 6.45) is -0.00905. The van der Waals surface area contributed by atoms with E-state index in [2.05, 4.69) is 20.3 Å². The fourth-order valence-electron chi connectivity index (χ4n) is 2.74. The number of nitrogens with one attached hydrogen (secondary N) is 1. The van der Waals surface area contributed by atoms with Crippen molar-refractivity contribution in [2.24, 2.45) is 0 Å². The summed E-state index contributed by atoms with van der Waals surface area (Å²) in [4.78, 5) is 14.3. The maximum atomic E-state index is 12.6. The molecule has 3 heterocycles. The predicted molar refractivity (Wildman–Crippen MR) is 84.9 cm³/mol. The van der Waals surface area contributed by atoms with Crippen LogP contribution in [0, 0.1) is 6.92 Å². The van der Waals surface area contributed by atoms with E-state index in [9.17, 15) is 13.2 Å². The van der Waals surface area contributed by atoms with E-state index < -0.39 is 11.7 Å². The van der Waals surface area contributed by atoms with Crippen molar-refractivity contribution in [1.82, 2.24) is 15.0 Å². The Morgan fingerprint density at radius 3 is 2.46 bits per heavy atom. The van der Waals surface area contributed by atoms with Crippen LogP contribution < -0.4 is 10.2 Å². The molecule has 0 bridgehead atoms. The Bertz CT molecular complexity index is 679. The maximum Gasteiger partial charge on any atom is 0.417 e. The zero-order valence-corrected chi connectivity index (χ0v) is 13.2. The monoisotopic (exact) mass is 337 g/mol. The van der Waals surface area contributed by atoms with Crippen LogP contribution >= 0.6 is 0 Å². The van der Waals surface area contributed by atoms with Gasteiger partial charge in [0.05, 0.1) is 5.56 Å². The number of halogens is 3. The normalized spacial score (nSPS) is 16.2. The second-order valence-corrected chi connectivity index (χ2v) is 5.80. The first-order valence-corrected chi connectivity index (χ1v) is 7.76. The third-order valence-corrected chi connectivity index (χ3v) is 4.02. The first kappa shape index (κ1) is 16.5. The van der Waals surface area contributed by atoms with Crippen LogP contribution in [0.5, 0.6) is 0 Å². The predicted octanol–water partition coefficient (Wildman–Crippen LogP) is 3.28. The van der Waals surface area contributed by atoms with Gasteiger partial charge >= 0.3 is 6.18 Å². The summed E-state index contributed by atoms with van der Waals surface area (Å²) < 4.78 is 37.7. The first-order chi connectivity index (χ1) is 11.4. The molecule has 1 aliphatic heterocycles. The van der Waals surface area contributed by atoms with Crippen LogP contribution in [0.1, 0.15) is 24.2 Å². The largest absolute Gasteiger partial charge is 0.417 e. The molecule has 8 heteroatoms. The van der Waals surface area contributed by atoms with Crippen LogP contribution in [-0.2, 0) is 6.18 Å². The second-order valence-electron chi connectivity index (χ2n) is 5.80. The van der Waals surface area contributed by atoms with E-state index >= 15 is 0 Å². The van der Waals surface area contributed by atoms with Crippen LogP contribution in [0.15, 0.2) is 30.6 Å². The Kier molecular flexibility index (Phi) is 4.55. The molecule has 0 amide bonds. The lowest BCUT2D eigenvalue weighted by molar-refractivity contribution is -0.137. The van der Waals surface area contributed by atoms with Gasteiger partial charge in [-0.1, -0.05) is 0 Å². The number of aryl methyl sites for hydroxylation is 1. The highest BCUT2D eigenvalue weighted by Crippen LogP contribution is 2.29. The molecular weight excluding hydrogens is 319 g/mol. The van der Waals surface area contributed by atoms with E-state index in [1.807, 2.05) is 17.9 Å². The summed E-state index contributed by atoms with van der Waals surface area (Å²) in [5, 5.41) is 3.38. The first-order valence-electron chi connectivity index (χ1n) is 7.76. The van der Waals surface area contributed by atoms with Gasteiger partial charge in [-0.05, 0) is 38.0 Å². The minimum absolute atomic E-state index is 0.282. The van der Waals surface area contributed by atoms with E-state index in [1.54, 1.807) is 6.20 Å². The van der Waals surface area contributed by atoms with Crippen LogP contribution in [0.3, 0.4) is 0 Å². The Hall–Kier alpha value is -2.38. The number of piperidine rings is 1. The molecule has 0 unspecified atom stereocenters. The minimum atomic E-state index is -4.35. The molecule has 1 saturated heterocycles. The number of alkyl halides is 3. The number of hydrogen-bond donors (Lipinski definition) is 1. The summed E-state index contributed by atoms with van der Waals surface area (Å²) in [6.45, 7) is 3.31. The average Bonchev–Trinajstić information content (AvgIpc) is 2.55. The minimum Gasteiger partial charge on any atom is -0.367 e.